The van der Waals surface area contributed by atoms with E-state index in [0.29, 0.717) is 0 Å². The van der Waals surface area contributed by atoms with E-state index in [0.717, 1.165) is 12.3 Å². The van der Waals surface area contributed by atoms with Crippen LogP contribution in [-0.2, 0) is 16.2 Å². The molecule has 11 heteroatoms. The maximum absolute atomic E-state index is 12.4. The van der Waals surface area contributed by atoms with Crippen LogP contribution >= 0.6 is 11.6 Å². The molecule has 1 aromatic heterocycles. The van der Waals surface area contributed by atoms with E-state index in [1.807, 2.05) is 0 Å². The van der Waals surface area contributed by atoms with Crippen LogP contribution in [0.3, 0.4) is 0 Å². The van der Waals surface area contributed by atoms with Crippen LogP contribution in [0.2, 0.25) is 5.15 Å². The number of sulfonamides is 1. The Labute approximate surface area is 112 Å². The lowest BCUT2D eigenvalue weighted by Gasteiger charge is -2.09. The van der Waals surface area contributed by atoms with Crippen LogP contribution < -0.4 is 10.0 Å². The van der Waals surface area contributed by atoms with Gasteiger partial charge in [0.05, 0.1) is 6.26 Å². The maximum Gasteiger partial charge on any atom is 0.451 e. The quantitative estimate of drug-likeness (QED) is 0.627. The van der Waals surface area contributed by atoms with Gasteiger partial charge in [-0.3, -0.25) is 0 Å². The Morgan fingerprint density at radius 2 is 1.95 bits per heavy atom. The van der Waals surface area contributed by atoms with E-state index in [4.69, 9.17) is 11.6 Å². The van der Waals surface area contributed by atoms with Crippen molar-refractivity contribution in [2.45, 2.75) is 6.18 Å². The van der Waals surface area contributed by atoms with Gasteiger partial charge in [-0.1, -0.05) is 11.6 Å². The second-order valence-electron chi connectivity index (χ2n) is 3.49. The van der Waals surface area contributed by atoms with Crippen LogP contribution in [0.15, 0.2) is 6.07 Å². The Hall–Kier alpha value is -1.13. The molecule has 0 aromatic carbocycles. The predicted molar refractivity (Wildman–Crippen MR) is 63.4 cm³/mol. The molecule has 1 aromatic rings. The summed E-state index contributed by atoms with van der Waals surface area (Å²) in [6.45, 7) is 0.0551. The second-order valence-corrected chi connectivity index (χ2v) is 5.71. The van der Waals surface area contributed by atoms with Crippen molar-refractivity contribution in [3.8, 4) is 0 Å². The largest absolute Gasteiger partial charge is 0.451 e. The number of anilines is 1. The number of aromatic nitrogens is 2. The average Bonchev–Trinajstić information content (AvgIpc) is 2.21. The zero-order chi connectivity index (χ0) is 14.7. The van der Waals surface area contributed by atoms with Crippen molar-refractivity contribution in [2.75, 3.05) is 24.7 Å². The van der Waals surface area contributed by atoms with Crippen LogP contribution in [0.1, 0.15) is 5.82 Å². The third-order valence-corrected chi connectivity index (χ3v) is 2.67. The summed E-state index contributed by atoms with van der Waals surface area (Å²) in [7, 11) is -3.35. The summed E-state index contributed by atoms with van der Waals surface area (Å²) in [5, 5.41) is 2.15. The molecule has 0 radical (unpaired) electrons. The van der Waals surface area contributed by atoms with Gasteiger partial charge in [0, 0.05) is 19.2 Å². The highest BCUT2D eigenvalue weighted by molar-refractivity contribution is 7.88. The summed E-state index contributed by atoms with van der Waals surface area (Å²) in [6.07, 6.45) is -3.73. The summed E-state index contributed by atoms with van der Waals surface area (Å²) in [5.41, 5.74) is 0. The summed E-state index contributed by atoms with van der Waals surface area (Å²) in [6, 6.07) is 1.11. The van der Waals surface area contributed by atoms with Gasteiger partial charge in [0.15, 0.2) is 0 Å². The number of rotatable bonds is 5. The highest BCUT2D eigenvalue weighted by Gasteiger charge is 2.35. The molecule has 0 bridgehead atoms. The van der Waals surface area contributed by atoms with Crippen LogP contribution in [0.4, 0.5) is 19.0 Å². The predicted octanol–water partition coefficient (Wildman–Crippen LogP) is 1.11. The van der Waals surface area contributed by atoms with Crippen molar-refractivity contribution < 1.29 is 21.6 Å². The van der Waals surface area contributed by atoms with Crippen LogP contribution in [0.25, 0.3) is 0 Å². The molecule has 0 spiro atoms. The smallest absolute Gasteiger partial charge is 0.369 e. The summed E-state index contributed by atoms with van der Waals surface area (Å²) < 4.78 is 60.8. The zero-order valence-electron chi connectivity index (χ0n) is 9.62. The van der Waals surface area contributed by atoms with E-state index in [-0.39, 0.29) is 24.1 Å². The van der Waals surface area contributed by atoms with Gasteiger partial charge in [0.2, 0.25) is 15.8 Å². The van der Waals surface area contributed by atoms with Crippen molar-refractivity contribution in [1.29, 1.82) is 0 Å². The van der Waals surface area contributed by atoms with Crippen molar-refractivity contribution in [1.82, 2.24) is 14.7 Å². The second kappa shape index (κ2) is 5.88. The Morgan fingerprint density at radius 1 is 1.32 bits per heavy atom. The third-order valence-electron chi connectivity index (χ3n) is 1.74. The Balaban J connectivity index is 2.67. The molecule has 108 valence electrons. The Kier molecular flexibility index (Phi) is 4.93. The summed E-state index contributed by atoms with van der Waals surface area (Å²) in [5.74, 6) is -1.50. The first-order valence-corrected chi connectivity index (χ1v) is 7.15. The highest BCUT2D eigenvalue weighted by atomic mass is 35.5. The van der Waals surface area contributed by atoms with E-state index in [1.54, 1.807) is 0 Å². The van der Waals surface area contributed by atoms with Gasteiger partial charge in [0.1, 0.15) is 11.0 Å². The van der Waals surface area contributed by atoms with E-state index in [1.165, 1.54) is 0 Å². The molecule has 1 rings (SSSR count). The van der Waals surface area contributed by atoms with Gasteiger partial charge in [-0.15, -0.1) is 0 Å². The molecule has 0 aliphatic carbocycles. The molecule has 6 nitrogen and oxygen atoms in total. The molecule has 0 saturated heterocycles. The lowest BCUT2D eigenvalue weighted by Crippen LogP contribution is -2.28. The molecule has 19 heavy (non-hydrogen) atoms. The Morgan fingerprint density at radius 3 is 2.47 bits per heavy atom. The molecule has 0 fully saturated rings. The fourth-order valence-corrected chi connectivity index (χ4v) is 1.72. The average molecular weight is 319 g/mol. The van der Waals surface area contributed by atoms with Crippen molar-refractivity contribution >= 4 is 27.4 Å². The molecule has 0 saturated carbocycles. The minimum atomic E-state index is -4.70. The minimum absolute atomic E-state index is 0.00179. The molecular weight excluding hydrogens is 309 g/mol. The first-order chi connectivity index (χ1) is 8.58. The van der Waals surface area contributed by atoms with Gasteiger partial charge in [-0.2, -0.15) is 13.2 Å². The molecule has 0 atom stereocenters. The van der Waals surface area contributed by atoms with Gasteiger partial charge in [-0.05, 0) is 0 Å². The topological polar surface area (TPSA) is 84.0 Å². The minimum Gasteiger partial charge on any atom is -0.369 e. The Bertz CT molecular complexity index is 549. The van der Waals surface area contributed by atoms with Crippen molar-refractivity contribution in [3.63, 3.8) is 0 Å². The van der Waals surface area contributed by atoms with Crippen LogP contribution in [-0.4, -0.2) is 37.7 Å². The monoisotopic (exact) mass is 318 g/mol. The van der Waals surface area contributed by atoms with E-state index in [9.17, 15) is 21.6 Å². The zero-order valence-corrected chi connectivity index (χ0v) is 11.2. The third kappa shape index (κ3) is 6.03. The highest BCUT2D eigenvalue weighted by Crippen LogP contribution is 2.28. The van der Waals surface area contributed by atoms with Crippen LogP contribution in [0, 0.1) is 0 Å². The van der Waals surface area contributed by atoms with Crippen molar-refractivity contribution in [3.05, 3.63) is 17.0 Å². The standard InChI is InChI=1S/C8H10ClF3N4O2S/c1-19(17,18)14-3-2-13-6-4-5(9)15-7(16-6)8(10,11)12/h4,14H,2-3H2,1H3,(H,13,15,16). The number of hydrogen-bond acceptors (Lipinski definition) is 5. The summed E-state index contributed by atoms with van der Waals surface area (Å²) >= 11 is 5.44. The molecule has 0 aliphatic heterocycles. The molecule has 0 aliphatic rings. The van der Waals surface area contributed by atoms with E-state index < -0.39 is 22.0 Å². The number of halogens is 4. The first kappa shape index (κ1) is 15.9. The fraction of sp³-hybridized carbons (Fsp3) is 0.500. The SMILES string of the molecule is CS(=O)(=O)NCCNc1cc(Cl)nc(C(F)(F)F)n1. The van der Waals surface area contributed by atoms with E-state index >= 15 is 0 Å². The number of nitrogens with zero attached hydrogens (tertiary/aromatic N) is 2. The lowest BCUT2D eigenvalue weighted by molar-refractivity contribution is -0.144. The lowest BCUT2D eigenvalue weighted by atomic mass is 10.5. The fourth-order valence-electron chi connectivity index (χ4n) is 1.06. The number of alkyl halides is 3. The molecule has 0 unspecified atom stereocenters. The molecule has 0 amide bonds. The van der Waals surface area contributed by atoms with E-state index in [2.05, 4.69) is 20.0 Å². The van der Waals surface area contributed by atoms with Gasteiger partial charge < -0.3 is 5.32 Å². The molecule has 2 N–H and O–H groups in total. The van der Waals surface area contributed by atoms with Gasteiger partial charge in [0.25, 0.3) is 0 Å². The number of hydrogen-bond donors (Lipinski definition) is 2. The van der Waals surface area contributed by atoms with Crippen LogP contribution in [0.5, 0.6) is 0 Å². The van der Waals surface area contributed by atoms with Gasteiger partial charge >= 0.3 is 6.18 Å². The molecule has 1 heterocycles. The summed E-state index contributed by atoms with van der Waals surface area (Å²) in [4.78, 5) is 6.28. The number of nitrogens with one attached hydrogen (secondary N) is 2. The first-order valence-electron chi connectivity index (χ1n) is 4.88. The maximum atomic E-state index is 12.4. The normalized spacial score (nSPS) is 12.5. The molecular formula is C8H10ClF3N4O2S. The van der Waals surface area contributed by atoms with Gasteiger partial charge in [-0.25, -0.2) is 23.1 Å². The van der Waals surface area contributed by atoms with Crippen molar-refractivity contribution in [2.24, 2.45) is 0 Å².